The lowest BCUT2D eigenvalue weighted by Crippen LogP contribution is -2.46. The number of fused-ring (bicyclic) bond motifs is 4. The molecule has 4 atom stereocenters. The molecule has 0 spiro atoms. The number of carbonyl (C=O) groups is 2. The van der Waals surface area contributed by atoms with E-state index in [1.807, 2.05) is 67.6 Å². The van der Waals surface area contributed by atoms with Gasteiger partial charge in [-0.3, -0.25) is 14.5 Å². The van der Waals surface area contributed by atoms with Crippen LogP contribution in [0, 0.1) is 17.8 Å². The minimum atomic E-state index is -1.75. The van der Waals surface area contributed by atoms with E-state index in [2.05, 4.69) is 6.08 Å². The molecular formula is C38H37B2NO8. The second-order valence-electron chi connectivity index (χ2n) is 13.1. The van der Waals surface area contributed by atoms with Crippen LogP contribution in [0.5, 0.6) is 11.5 Å². The molecule has 11 heteroatoms. The van der Waals surface area contributed by atoms with Crippen LogP contribution in [0.1, 0.15) is 31.7 Å². The van der Waals surface area contributed by atoms with E-state index in [1.54, 1.807) is 18.2 Å². The summed E-state index contributed by atoms with van der Waals surface area (Å²) in [5.41, 5.74) is 4.32. The van der Waals surface area contributed by atoms with E-state index in [1.165, 1.54) is 12.1 Å². The summed E-state index contributed by atoms with van der Waals surface area (Å²) in [6, 6.07) is 26.9. The van der Waals surface area contributed by atoms with Crippen molar-refractivity contribution in [2.75, 3.05) is 11.5 Å². The summed E-state index contributed by atoms with van der Waals surface area (Å²) in [5, 5.41) is 42.6. The maximum atomic E-state index is 14.2. The number of nitrogens with zero attached hydrogens (tertiary/aromatic N) is 1. The number of anilines is 1. The van der Waals surface area contributed by atoms with Gasteiger partial charge in [0.15, 0.2) is 0 Å². The normalized spacial score (nSPS) is 22.4. The average molecular weight is 657 g/mol. The monoisotopic (exact) mass is 657 g/mol. The Kier molecular flexibility index (Phi) is 9.17. The number of benzene rings is 4. The van der Waals surface area contributed by atoms with Crippen LogP contribution in [-0.2, 0) is 14.2 Å². The number of rotatable bonds is 9. The molecule has 9 nitrogen and oxygen atoms in total. The number of phenolic OH excluding ortho intramolecular Hbond substituents is 1. The minimum absolute atomic E-state index is 0.165. The summed E-state index contributed by atoms with van der Waals surface area (Å²) in [6.07, 6.45) is 3.23. The first-order valence-electron chi connectivity index (χ1n) is 16.6. The van der Waals surface area contributed by atoms with Crippen LogP contribution in [0.25, 0.3) is 16.8 Å². The zero-order valence-electron chi connectivity index (χ0n) is 27.1. The molecule has 0 aromatic heterocycles. The van der Waals surface area contributed by atoms with Crippen molar-refractivity contribution in [2.24, 2.45) is 17.8 Å². The van der Waals surface area contributed by atoms with Crippen molar-refractivity contribution >= 4 is 54.0 Å². The van der Waals surface area contributed by atoms with Gasteiger partial charge in [-0.05, 0) is 96.3 Å². The summed E-state index contributed by atoms with van der Waals surface area (Å²) in [4.78, 5) is 29.3. The molecule has 1 aliphatic carbocycles. The topological polar surface area (TPSA) is 137 Å². The molecule has 2 heterocycles. The smallest absolute Gasteiger partial charge is 0.488 e. The van der Waals surface area contributed by atoms with Gasteiger partial charge in [0.05, 0.1) is 23.6 Å². The fraction of sp³-hybridized carbons (Fsp3) is 0.263. The lowest BCUT2D eigenvalue weighted by atomic mass is 9.58. The number of hydrogen-bond acceptors (Lipinski definition) is 8. The molecule has 49 heavy (non-hydrogen) atoms. The molecule has 0 radical (unpaired) electrons. The Hall–Kier alpha value is -4.67. The number of para-hydroxylation sites is 1. The van der Waals surface area contributed by atoms with Gasteiger partial charge < -0.3 is 29.6 Å². The van der Waals surface area contributed by atoms with Crippen LogP contribution < -0.4 is 15.1 Å². The van der Waals surface area contributed by atoms with Crippen molar-refractivity contribution in [1.29, 1.82) is 0 Å². The van der Waals surface area contributed by atoms with Crippen LogP contribution in [0.15, 0.2) is 108 Å². The third kappa shape index (κ3) is 6.43. The second kappa shape index (κ2) is 13.7. The van der Waals surface area contributed by atoms with E-state index in [9.17, 15) is 29.8 Å². The summed E-state index contributed by atoms with van der Waals surface area (Å²) >= 11 is 0. The summed E-state index contributed by atoms with van der Waals surface area (Å²) in [7, 11) is -2.87. The highest BCUT2D eigenvalue weighted by Crippen LogP contribution is 2.51. The highest BCUT2D eigenvalue weighted by atomic mass is 16.5. The molecule has 2 saturated heterocycles. The number of ether oxygens (including phenoxy) is 1. The van der Waals surface area contributed by atoms with Gasteiger partial charge in [0, 0.05) is 5.39 Å². The van der Waals surface area contributed by atoms with E-state index in [0.29, 0.717) is 25.0 Å². The molecule has 0 bridgehead atoms. The number of imide groups is 1. The molecule has 4 aromatic carbocycles. The number of hydrogen-bond donors (Lipinski definition) is 4. The van der Waals surface area contributed by atoms with Gasteiger partial charge in [0.2, 0.25) is 11.8 Å². The molecule has 2 aliphatic heterocycles. The SMILES string of the molecule is C/C(=C\c1ccc(O)c2ccccc12)CC[C@H]1OB(O)C[C@H]2C1=C(COc1ccccc1)C[C@H]1C(=O)N(c3cccc(B(O)O)c3)C(=O)[C@H]12. The van der Waals surface area contributed by atoms with Crippen LogP contribution in [-0.4, -0.2) is 58.9 Å². The Bertz CT molecular complexity index is 1960. The summed E-state index contributed by atoms with van der Waals surface area (Å²) < 4.78 is 12.4. The molecule has 248 valence electrons. The number of allylic oxidation sites excluding steroid dienone is 1. The van der Waals surface area contributed by atoms with E-state index in [4.69, 9.17) is 9.39 Å². The average Bonchev–Trinajstić information content (AvgIpc) is 3.36. The zero-order chi connectivity index (χ0) is 34.2. The lowest BCUT2D eigenvalue weighted by molar-refractivity contribution is -0.122. The number of amides is 2. The molecule has 0 saturated carbocycles. The van der Waals surface area contributed by atoms with E-state index >= 15 is 0 Å². The fourth-order valence-corrected chi connectivity index (χ4v) is 7.79. The van der Waals surface area contributed by atoms with E-state index in [0.717, 1.165) is 38.0 Å². The largest absolute Gasteiger partial charge is 0.507 e. The molecule has 3 aliphatic rings. The fourth-order valence-electron chi connectivity index (χ4n) is 7.79. The zero-order valence-corrected chi connectivity index (χ0v) is 27.1. The Morgan fingerprint density at radius 1 is 0.959 bits per heavy atom. The van der Waals surface area contributed by atoms with Crippen molar-refractivity contribution in [3.8, 4) is 11.5 Å². The molecular weight excluding hydrogens is 620 g/mol. The lowest BCUT2D eigenvalue weighted by Gasteiger charge is -2.43. The Morgan fingerprint density at radius 3 is 2.49 bits per heavy atom. The molecule has 7 rings (SSSR count). The Labute approximate surface area is 285 Å². The first kappa shape index (κ1) is 32.9. The van der Waals surface area contributed by atoms with Gasteiger partial charge in [-0.25, -0.2) is 0 Å². The molecule has 4 aromatic rings. The molecule has 2 amide bonds. The van der Waals surface area contributed by atoms with Gasteiger partial charge in [-0.2, -0.15) is 0 Å². The number of carbonyl (C=O) groups excluding carboxylic acids is 2. The predicted octanol–water partition coefficient (Wildman–Crippen LogP) is 4.49. The first-order chi connectivity index (χ1) is 23.7. The van der Waals surface area contributed by atoms with Crippen LogP contribution in [0.3, 0.4) is 0 Å². The maximum absolute atomic E-state index is 14.2. The minimum Gasteiger partial charge on any atom is -0.507 e. The molecule has 4 N–H and O–H groups in total. The standard InChI is InChI=1S/C38H37B2NO8/c1-23(18-24-15-16-33(42)30-13-6-5-12-29(24)30)14-17-34-35-25(22-48-28-10-3-2-4-11-28)19-31-36(32(35)21-39(45)49-34)38(44)41(37(31)43)27-9-7-8-26(20-27)40(46)47/h2-13,15-16,18,20,31-32,34,36,42,45-47H,14,17,19,21-22H2,1H3/b23-18+/t31-,32+,34-,36-/m1/s1. The third-order valence-corrected chi connectivity index (χ3v) is 10.0. The van der Waals surface area contributed by atoms with E-state index in [-0.39, 0.29) is 41.6 Å². The second-order valence-corrected chi connectivity index (χ2v) is 13.1. The van der Waals surface area contributed by atoms with Crippen molar-refractivity contribution in [1.82, 2.24) is 0 Å². The van der Waals surface area contributed by atoms with Crippen molar-refractivity contribution in [3.63, 3.8) is 0 Å². The van der Waals surface area contributed by atoms with Crippen LogP contribution in [0.4, 0.5) is 5.69 Å². The van der Waals surface area contributed by atoms with Crippen LogP contribution >= 0.6 is 0 Å². The van der Waals surface area contributed by atoms with Gasteiger partial charge in [0.1, 0.15) is 18.1 Å². The van der Waals surface area contributed by atoms with Gasteiger partial charge in [-0.15, -0.1) is 0 Å². The number of phenols is 1. The first-order valence-corrected chi connectivity index (χ1v) is 16.6. The number of aromatic hydroxyl groups is 1. The van der Waals surface area contributed by atoms with Gasteiger partial charge in [0.25, 0.3) is 0 Å². The van der Waals surface area contributed by atoms with Crippen molar-refractivity contribution < 1.29 is 39.2 Å². The third-order valence-electron chi connectivity index (χ3n) is 10.0. The predicted molar refractivity (Wildman–Crippen MR) is 189 cm³/mol. The van der Waals surface area contributed by atoms with Crippen molar-refractivity contribution in [2.45, 2.75) is 38.6 Å². The van der Waals surface area contributed by atoms with E-state index < -0.39 is 38.1 Å². The highest BCUT2D eigenvalue weighted by molar-refractivity contribution is 6.58. The quantitative estimate of drug-likeness (QED) is 0.118. The Morgan fingerprint density at radius 2 is 1.71 bits per heavy atom. The summed E-state index contributed by atoms with van der Waals surface area (Å²) in [5.74, 6) is -1.62. The van der Waals surface area contributed by atoms with Crippen LogP contribution in [0.2, 0.25) is 6.32 Å². The van der Waals surface area contributed by atoms with Gasteiger partial charge in [-0.1, -0.05) is 72.3 Å². The Balaban J connectivity index is 1.21. The molecule has 2 fully saturated rings. The van der Waals surface area contributed by atoms with Gasteiger partial charge >= 0.3 is 14.2 Å². The summed E-state index contributed by atoms with van der Waals surface area (Å²) in [6.45, 7) is 2.24. The highest BCUT2D eigenvalue weighted by Gasteiger charge is 2.57. The maximum Gasteiger partial charge on any atom is 0.488 e. The van der Waals surface area contributed by atoms with Crippen molar-refractivity contribution in [3.05, 3.63) is 113 Å². The molecule has 0 unspecified atom stereocenters.